The lowest BCUT2D eigenvalue weighted by atomic mass is 9.98. The lowest BCUT2D eigenvalue weighted by molar-refractivity contribution is 0.102. The zero-order valence-corrected chi connectivity index (χ0v) is 20.2. The average Bonchev–Trinajstić information content (AvgIpc) is 3.31. The molecule has 2 aromatic heterocycles. The monoisotopic (exact) mass is 481 g/mol. The molecule has 3 aromatic carbocycles. The number of hydrogen-bond acceptors (Lipinski definition) is 3. The number of aromatic nitrogens is 2. The fourth-order valence-corrected chi connectivity index (χ4v) is 4.23. The predicted molar refractivity (Wildman–Crippen MR) is 141 cm³/mol. The first-order valence-electron chi connectivity index (χ1n) is 11.3. The van der Waals surface area contributed by atoms with E-state index < -0.39 is 0 Å². The van der Waals surface area contributed by atoms with Crippen LogP contribution in [0.2, 0.25) is 5.02 Å². The number of imidazole rings is 1. The van der Waals surface area contributed by atoms with Gasteiger partial charge in [-0.2, -0.15) is 0 Å². The van der Waals surface area contributed by atoms with Gasteiger partial charge in [-0.15, -0.1) is 0 Å². The molecule has 2 heterocycles. The number of nitrogens with zero attached hydrogens (tertiary/aromatic N) is 2. The van der Waals surface area contributed by atoms with Crippen LogP contribution in [-0.4, -0.2) is 22.4 Å². The molecule has 5 rings (SSSR count). The van der Waals surface area contributed by atoms with Crippen molar-refractivity contribution < 1.29 is 9.53 Å². The Hall–Kier alpha value is -4.09. The topological polar surface area (TPSA) is 55.6 Å². The number of ether oxygens (including phenoxy) is 1. The molecule has 0 aliphatic rings. The molecule has 5 aromatic rings. The Morgan fingerprint density at radius 3 is 2.51 bits per heavy atom. The van der Waals surface area contributed by atoms with Crippen LogP contribution in [0, 0.1) is 6.92 Å². The normalized spacial score (nSPS) is 10.9. The van der Waals surface area contributed by atoms with Crippen molar-refractivity contribution in [2.75, 3.05) is 12.4 Å². The largest absolute Gasteiger partial charge is 0.497 e. The molecular weight excluding hydrogens is 458 g/mol. The van der Waals surface area contributed by atoms with Crippen LogP contribution in [0.3, 0.4) is 0 Å². The molecular formula is C29H24ClN3O2. The van der Waals surface area contributed by atoms with Crippen LogP contribution in [0.4, 0.5) is 5.69 Å². The molecule has 0 saturated heterocycles. The van der Waals surface area contributed by atoms with Gasteiger partial charge in [-0.25, -0.2) is 4.98 Å². The number of hydrogen-bond donors (Lipinski definition) is 1. The van der Waals surface area contributed by atoms with E-state index in [1.54, 1.807) is 19.2 Å². The van der Waals surface area contributed by atoms with Gasteiger partial charge in [-0.05, 0) is 78.6 Å². The van der Waals surface area contributed by atoms with Crippen LogP contribution < -0.4 is 10.1 Å². The molecule has 5 nitrogen and oxygen atoms in total. The Kier molecular flexibility index (Phi) is 6.25. The van der Waals surface area contributed by atoms with Gasteiger partial charge in [0.2, 0.25) is 0 Å². The summed E-state index contributed by atoms with van der Waals surface area (Å²) in [5, 5.41) is 3.70. The summed E-state index contributed by atoms with van der Waals surface area (Å²) in [6, 6.07) is 24.9. The molecule has 0 aliphatic heterocycles. The summed E-state index contributed by atoms with van der Waals surface area (Å²) in [6.45, 7) is 2.05. The Morgan fingerprint density at radius 2 is 1.80 bits per heavy atom. The molecule has 1 amide bonds. The molecule has 0 bridgehead atoms. The summed E-state index contributed by atoms with van der Waals surface area (Å²) in [6.07, 6.45) is 4.59. The van der Waals surface area contributed by atoms with E-state index in [0.29, 0.717) is 28.4 Å². The van der Waals surface area contributed by atoms with Gasteiger partial charge < -0.3 is 14.5 Å². The number of nitrogens with one attached hydrogen (secondary N) is 1. The minimum absolute atomic E-state index is 0.173. The fourth-order valence-electron chi connectivity index (χ4n) is 4.10. The summed E-state index contributed by atoms with van der Waals surface area (Å²) in [5.74, 6) is 0.533. The van der Waals surface area contributed by atoms with Crippen LogP contribution in [-0.2, 0) is 6.42 Å². The number of methoxy groups -OCH3 is 1. The molecule has 174 valence electrons. The van der Waals surface area contributed by atoms with Crippen LogP contribution in [0.5, 0.6) is 5.75 Å². The number of halogens is 1. The maximum atomic E-state index is 13.2. The Morgan fingerprint density at radius 1 is 1.03 bits per heavy atom. The lowest BCUT2D eigenvalue weighted by Crippen LogP contribution is -2.14. The van der Waals surface area contributed by atoms with Gasteiger partial charge in [0.1, 0.15) is 11.4 Å². The number of anilines is 1. The number of carbonyl (C=O) groups excluding carboxylic acids is 1. The van der Waals surface area contributed by atoms with Crippen molar-refractivity contribution in [2.45, 2.75) is 13.3 Å². The molecule has 35 heavy (non-hydrogen) atoms. The Labute approximate surface area is 209 Å². The first kappa shape index (κ1) is 22.7. The van der Waals surface area contributed by atoms with Gasteiger partial charge in [-0.3, -0.25) is 4.79 Å². The number of amides is 1. The summed E-state index contributed by atoms with van der Waals surface area (Å²) in [7, 11) is 1.62. The summed E-state index contributed by atoms with van der Waals surface area (Å²) in [5.41, 5.74) is 7.18. The van der Waals surface area contributed by atoms with Crippen molar-refractivity contribution in [3.05, 3.63) is 119 Å². The highest BCUT2D eigenvalue weighted by Crippen LogP contribution is 2.25. The van der Waals surface area contributed by atoms with Crippen molar-refractivity contribution in [3.63, 3.8) is 0 Å². The van der Waals surface area contributed by atoms with Gasteiger partial charge in [0, 0.05) is 34.2 Å². The van der Waals surface area contributed by atoms with E-state index >= 15 is 0 Å². The maximum absolute atomic E-state index is 13.2. The van der Waals surface area contributed by atoms with Gasteiger partial charge in [0.25, 0.3) is 5.91 Å². The molecule has 0 saturated carbocycles. The fraction of sp³-hybridized carbons (Fsp3) is 0.103. The van der Waals surface area contributed by atoms with E-state index in [1.807, 2.05) is 90.4 Å². The van der Waals surface area contributed by atoms with Crippen molar-refractivity contribution in [2.24, 2.45) is 0 Å². The third-order valence-electron chi connectivity index (χ3n) is 5.98. The number of pyridine rings is 1. The highest BCUT2D eigenvalue weighted by molar-refractivity contribution is 6.30. The maximum Gasteiger partial charge on any atom is 0.255 e. The second kappa shape index (κ2) is 9.65. The van der Waals surface area contributed by atoms with Crippen LogP contribution in [0.1, 0.15) is 27.0 Å². The molecule has 0 radical (unpaired) electrons. The highest BCUT2D eigenvalue weighted by Gasteiger charge is 2.14. The van der Waals surface area contributed by atoms with Gasteiger partial charge in [-0.1, -0.05) is 41.9 Å². The third kappa shape index (κ3) is 4.91. The van der Waals surface area contributed by atoms with Crippen LogP contribution in [0.15, 0.2) is 91.3 Å². The van der Waals surface area contributed by atoms with Crippen molar-refractivity contribution in [1.29, 1.82) is 0 Å². The van der Waals surface area contributed by atoms with Crippen molar-refractivity contribution >= 4 is 28.8 Å². The van der Waals surface area contributed by atoms with E-state index in [-0.39, 0.29) is 5.91 Å². The summed E-state index contributed by atoms with van der Waals surface area (Å²) >= 11 is 6.02. The zero-order valence-electron chi connectivity index (χ0n) is 19.5. The van der Waals surface area contributed by atoms with Gasteiger partial charge in [0.15, 0.2) is 0 Å². The minimum atomic E-state index is -0.173. The van der Waals surface area contributed by atoms with Crippen LogP contribution in [0.25, 0.3) is 16.9 Å². The molecule has 0 fully saturated rings. The molecule has 1 N–H and O–H groups in total. The molecule has 0 unspecified atom stereocenters. The third-order valence-corrected chi connectivity index (χ3v) is 6.23. The smallest absolute Gasteiger partial charge is 0.255 e. The molecule has 0 spiro atoms. The molecule has 0 aliphatic carbocycles. The SMILES string of the molecule is COc1ccc(C(=O)Nc2ccc(-c3cn4cccc(C)c4n3)cc2)c(Cc2ccc(Cl)cc2)c1. The van der Waals surface area contributed by atoms with Crippen LogP contribution >= 0.6 is 11.6 Å². The first-order valence-corrected chi connectivity index (χ1v) is 11.7. The van der Waals surface area contributed by atoms with E-state index in [2.05, 4.69) is 5.32 Å². The van der Waals surface area contributed by atoms with Crippen molar-refractivity contribution in [1.82, 2.24) is 9.38 Å². The number of rotatable bonds is 6. The van der Waals surface area contributed by atoms with Gasteiger partial charge >= 0.3 is 0 Å². The zero-order chi connectivity index (χ0) is 24.4. The van der Waals surface area contributed by atoms with Gasteiger partial charge in [0.05, 0.1) is 12.8 Å². The highest BCUT2D eigenvalue weighted by atomic mass is 35.5. The number of carbonyl (C=O) groups is 1. The second-order valence-corrected chi connectivity index (χ2v) is 8.84. The minimum Gasteiger partial charge on any atom is -0.497 e. The number of fused-ring (bicyclic) bond motifs is 1. The number of aryl methyl sites for hydroxylation is 1. The molecule has 0 atom stereocenters. The summed E-state index contributed by atoms with van der Waals surface area (Å²) < 4.78 is 7.41. The standard InChI is InChI=1S/C29H24ClN3O2/c1-19-4-3-15-33-18-27(32-28(19)33)21-7-11-24(12-8-21)31-29(34)26-14-13-25(35-2)17-22(26)16-20-5-9-23(30)10-6-20/h3-15,17-18H,16H2,1-2H3,(H,31,34). The quantitative estimate of drug-likeness (QED) is 0.289. The van der Waals surface area contributed by atoms with E-state index in [0.717, 1.165) is 33.6 Å². The van der Waals surface area contributed by atoms with Crippen molar-refractivity contribution in [3.8, 4) is 17.0 Å². The molecule has 6 heteroatoms. The van der Waals surface area contributed by atoms with E-state index in [4.69, 9.17) is 21.3 Å². The van der Waals surface area contributed by atoms with E-state index in [9.17, 15) is 4.79 Å². The van der Waals surface area contributed by atoms with E-state index in [1.165, 1.54) is 0 Å². The number of benzene rings is 3. The predicted octanol–water partition coefficient (Wildman–Crippen LogP) is 6.81. The second-order valence-electron chi connectivity index (χ2n) is 8.41. The Bertz CT molecular complexity index is 1510. The lowest BCUT2D eigenvalue weighted by Gasteiger charge is -2.13. The Balaban J connectivity index is 1.37. The first-order chi connectivity index (χ1) is 17.0. The summed E-state index contributed by atoms with van der Waals surface area (Å²) in [4.78, 5) is 17.9. The average molecular weight is 482 g/mol.